The van der Waals surface area contributed by atoms with Crippen LogP contribution in [0.25, 0.3) is 0 Å². The lowest BCUT2D eigenvalue weighted by molar-refractivity contribution is 0.252. The number of allylic oxidation sites excluding steroid dienone is 1. The smallest absolute Gasteiger partial charge is 0.245 e. The predicted molar refractivity (Wildman–Crippen MR) is 72.0 cm³/mol. The van der Waals surface area contributed by atoms with Crippen LogP contribution in [0, 0.1) is 0 Å². The lowest BCUT2D eigenvalue weighted by Crippen LogP contribution is -2.39. The largest absolute Gasteiger partial charge is 0.496 e. The van der Waals surface area contributed by atoms with E-state index in [0.717, 1.165) is 11.0 Å². The lowest BCUT2D eigenvalue weighted by atomic mass is 10.4. The average Bonchev–Trinajstić information content (AvgIpc) is 2.01. The first-order valence-corrected chi connectivity index (χ1v) is 11.1. The maximum Gasteiger partial charge on any atom is 0.245 e. The summed E-state index contributed by atoms with van der Waals surface area (Å²) in [6, 6.07) is 0. The molecule has 0 N–H and O–H groups in total. The summed E-state index contributed by atoms with van der Waals surface area (Å²) in [6.07, 6.45) is 2.03. The summed E-state index contributed by atoms with van der Waals surface area (Å²) < 4.78 is 11.8. The first-order chi connectivity index (χ1) is 6.79. The van der Waals surface area contributed by atoms with E-state index in [9.17, 15) is 0 Å². The monoisotopic (exact) mass is 244 g/mol. The van der Waals surface area contributed by atoms with Gasteiger partial charge < -0.3 is 8.85 Å². The maximum absolute atomic E-state index is 6.08. The summed E-state index contributed by atoms with van der Waals surface area (Å²) in [5.41, 5.74) is 1.04. The van der Waals surface area contributed by atoms with E-state index >= 15 is 0 Å². The third-order valence-corrected chi connectivity index (χ3v) is 7.72. The van der Waals surface area contributed by atoms with E-state index in [1.807, 2.05) is 19.9 Å². The van der Waals surface area contributed by atoms with Gasteiger partial charge in [0.1, 0.15) is 12.0 Å². The Hall–Kier alpha value is -0.326. The topological polar surface area (TPSA) is 18.5 Å². The zero-order valence-corrected chi connectivity index (χ0v) is 13.0. The van der Waals surface area contributed by atoms with Crippen molar-refractivity contribution in [2.45, 2.75) is 40.0 Å². The highest BCUT2D eigenvalue weighted by Crippen LogP contribution is 2.19. The molecule has 0 aromatic carbocycles. The van der Waals surface area contributed by atoms with Crippen LogP contribution in [0.1, 0.15) is 13.8 Å². The van der Waals surface area contributed by atoms with Crippen LogP contribution < -0.4 is 0 Å². The van der Waals surface area contributed by atoms with Crippen molar-refractivity contribution >= 4 is 17.4 Å². The second kappa shape index (κ2) is 6.30. The van der Waals surface area contributed by atoms with Gasteiger partial charge in [0.15, 0.2) is 9.04 Å². The molecule has 0 aliphatic rings. The molecule has 88 valence electrons. The molecule has 0 aliphatic carbocycles. The number of ether oxygens (including phenoxy) is 1. The summed E-state index contributed by atoms with van der Waals surface area (Å²) in [6.45, 7) is 17.2. The first kappa shape index (κ1) is 14.7. The Labute approximate surface area is 96.8 Å². The van der Waals surface area contributed by atoms with Crippen molar-refractivity contribution in [3.63, 3.8) is 0 Å². The molecule has 0 bridgehead atoms. The molecule has 4 heteroatoms. The molecule has 0 unspecified atom stereocenters. The third-order valence-electron chi connectivity index (χ3n) is 1.86. The standard InChI is InChI=1S/C11H24O2Si2/c1-8-11(12-9-10(2)3)15(6,7)13-14(4)5/h8,14H,2,9H2,1,3-7H3/b11-8-. The molecule has 0 aliphatic heterocycles. The van der Waals surface area contributed by atoms with Crippen molar-refractivity contribution in [3.8, 4) is 0 Å². The summed E-state index contributed by atoms with van der Waals surface area (Å²) in [4.78, 5) is 0. The Kier molecular flexibility index (Phi) is 6.16. The third kappa shape index (κ3) is 5.97. The van der Waals surface area contributed by atoms with Gasteiger partial charge in [-0.1, -0.05) is 12.7 Å². The molecule has 15 heavy (non-hydrogen) atoms. The van der Waals surface area contributed by atoms with Crippen LogP contribution in [0.15, 0.2) is 23.6 Å². The highest BCUT2D eigenvalue weighted by atomic mass is 28.4. The molecule has 0 spiro atoms. The Balaban J connectivity index is 4.45. The number of hydrogen-bond acceptors (Lipinski definition) is 2. The minimum absolute atomic E-state index is 0.596. The van der Waals surface area contributed by atoms with Crippen molar-refractivity contribution < 1.29 is 8.85 Å². The van der Waals surface area contributed by atoms with Crippen molar-refractivity contribution in [3.05, 3.63) is 23.6 Å². The van der Waals surface area contributed by atoms with Crippen LogP contribution in [-0.2, 0) is 8.85 Å². The summed E-state index contributed by atoms with van der Waals surface area (Å²) in [5.74, 6) is 0. The van der Waals surface area contributed by atoms with Crippen molar-refractivity contribution in [1.29, 1.82) is 0 Å². The van der Waals surface area contributed by atoms with E-state index in [-0.39, 0.29) is 0 Å². The second-order valence-electron chi connectivity index (χ2n) is 4.58. The molecule has 0 radical (unpaired) electrons. The van der Waals surface area contributed by atoms with Gasteiger partial charge in [0.2, 0.25) is 8.32 Å². The molecule has 0 fully saturated rings. The van der Waals surface area contributed by atoms with Gasteiger partial charge >= 0.3 is 0 Å². The van der Waals surface area contributed by atoms with Gasteiger partial charge in [0.05, 0.1) is 0 Å². The Morgan fingerprint density at radius 1 is 1.40 bits per heavy atom. The van der Waals surface area contributed by atoms with E-state index in [4.69, 9.17) is 8.85 Å². The molecule has 2 nitrogen and oxygen atoms in total. The molecule has 0 heterocycles. The van der Waals surface area contributed by atoms with Crippen LogP contribution in [-0.4, -0.2) is 24.0 Å². The van der Waals surface area contributed by atoms with E-state index in [1.54, 1.807) is 0 Å². The van der Waals surface area contributed by atoms with Crippen LogP contribution >= 0.6 is 0 Å². The van der Waals surface area contributed by atoms with Crippen molar-refractivity contribution in [2.75, 3.05) is 6.61 Å². The fourth-order valence-electron chi connectivity index (χ4n) is 1.45. The van der Waals surface area contributed by atoms with Crippen LogP contribution in [0.2, 0.25) is 26.2 Å². The molecular weight excluding hydrogens is 220 g/mol. The van der Waals surface area contributed by atoms with Gasteiger partial charge in [0.25, 0.3) is 0 Å². The van der Waals surface area contributed by atoms with Crippen molar-refractivity contribution in [2.24, 2.45) is 0 Å². The van der Waals surface area contributed by atoms with Gasteiger partial charge in [-0.15, -0.1) is 0 Å². The summed E-state index contributed by atoms with van der Waals surface area (Å²) >= 11 is 0. The average molecular weight is 244 g/mol. The molecular formula is C11H24O2Si2. The van der Waals surface area contributed by atoms with Gasteiger partial charge in [-0.05, 0) is 45.6 Å². The summed E-state index contributed by atoms with van der Waals surface area (Å²) in [7, 11) is -2.80. The fourth-order valence-corrected chi connectivity index (χ4v) is 7.75. The highest BCUT2D eigenvalue weighted by molar-refractivity contribution is 6.83. The van der Waals surface area contributed by atoms with Crippen LogP contribution in [0.4, 0.5) is 0 Å². The fraction of sp³-hybridized carbons (Fsp3) is 0.636. The molecule has 0 atom stereocenters. The minimum Gasteiger partial charge on any atom is -0.496 e. The van der Waals surface area contributed by atoms with E-state index in [2.05, 4.69) is 32.8 Å². The quantitative estimate of drug-likeness (QED) is 0.406. The Morgan fingerprint density at radius 3 is 2.27 bits per heavy atom. The molecule has 0 rings (SSSR count). The van der Waals surface area contributed by atoms with Gasteiger partial charge in [-0.25, -0.2) is 0 Å². The predicted octanol–water partition coefficient (Wildman–Crippen LogP) is 3.23. The normalized spacial score (nSPS) is 13.1. The Bertz CT molecular complexity index is 245. The zero-order chi connectivity index (χ0) is 12.1. The number of hydrogen-bond donors (Lipinski definition) is 0. The van der Waals surface area contributed by atoms with Crippen LogP contribution in [0.3, 0.4) is 0 Å². The number of rotatable bonds is 6. The van der Waals surface area contributed by atoms with Crippen LogP contribution in [0.5, 0.6) is 0 Å². The second-order valence-corrected chi connectivity index (χ2v) is 11.1. The molecule has 0 aromatic rings. The van der Waals surface area contributed by atoms with E-state index in [1.165, 1.54) is 0 Å². The summed E-state index contributed by atoms with van der Waals surface area (Å²) in [5, 5.41) is 1.03. The molecule has 0 aromatic heterocycles. The SMILES string of the molecule is C=C(C)CO/C(=C/C)[Si](C)(C)O[SiH](C)C. The van der Waals surface area contributed by atoms with E-state index in [0.29, 0.717) is 6.61 Å². The van der Waals surface area contributed by atoms with Gasteiger partial charge in [-0.3, -0.25) is 0 Å². The van der Waals surface area contributed by atoms with E-state index < -0.39 is 17.4 Å². The van der Waals surface area contributed by atoms with Gasteiger partial charge in [-0.2, -0.15) is 0 Å². The minimum atomic E-state index is -1.80. The first-order valence-electron chi connectivity index (χ1n) is 5.41. The van der Waals surface area contributed by atoms with Crippen molar-refractivity contribution in [1.82, 2.24) is 0 Å². The lowest BCUT2D eigenvalue weighted by Gasteiger charge is -2.28. The Morgan fingerprint density at radius 2 is 1.93 bits per heavy atom. The highest BCUT2D eigenvalue weighted by Gasteiger charge is 2.30. The van der Waals surface area contributed by atoms with Gasteiger partial charge in [0, 0.05) is 0 Å². The molecule has 0 saturated carbocycles. The molecule has 0 amide bonds. The maximum atomic E-state index is 6.08. The molecule has 0 saturated heterocycles. The zero-order valence-electron chi connectivity index (χ0n) is 10.9.